The molecule has 1 fully saturated rings. The lowest BCUT2D eigenvalue weighted by Gasteiger charge is -2.27. The summed E-state index contributed by atoms with van der Waals surface area (Å²) < 4.78 is 5.22. The van der Waals surface area contributed by atoms with Crippen molar-refractivity contribution in [1.82, 2.24) is 5.32 Å². The van der Waals surface area contributed by atoms with Crippen molar-refractivity contribution < 1.29 is 14.0 Å². The standard InChI is InChI=1S/C21H26N2O3/c1-2-15-5-11-18(12-6-15)23-21(25)17-9-7-16(8-10-17)20(24)22-14-19-4-3-13-26-19/h3-6,11-13,16-17H,2,7-10,14H2,1H3,(H,22,24)(H,23,25). The molecule has 1 aromatic carbocycles. The van der Waals surface area contributed by atoms with Gasteiger partial charge in [0.2, 0.25) is 11.8 Å². The highest BCUT2D eigenvalue weighted by atomic mass is 16.3. The van der Waals surface area contributed by atoms with E-state index in [9.17, 15) is 9.59 Å². The maximum absolute atomic E-state index is 12.5. The van der Waals surface area contributed by atoms with Gasteiger partial charge in [-0.2, -0.15) is 0 Å². The summed E-state index contributed by atoms with van der Waals surface area (Å²) in [6, 6.07) is 11.6. The van der Waals surface area contributed by atoms with Gasteiger partial charge in [0.1, 0.15) is 5.76 Å². The summed E-state index contributed by atoms with van der Waals surface area (Å²) in [6.45, 7) is 2.52. The van der Waals surface area contributed by atoms with E-state index in [1.807, 2.05) is 30.3 Å². The highest BCUT2D eigenvalue weighted by Gasteiger charge is 2.29. The zero-order chi connectivity index (χ0) is 18.4. The van der Waals surface area contributed by atoms with Crippen LogP contribution in [0.25, 0.3) is 0 Å². The molecule has 0 saturated heterocycles. The maximum Gasteiger partial charge on any atom is 0.227 e. The minimum atomic E-state index is -0.0185. The zero-order valence-electron chi connectivity index (χ0n) is 15.2. The number of carbonyl (C=O) groups is 2. The minimum Gasteiger partial charge on any atom is -0.467 e. The Morgan fingerprint density at radius 3 is 2.23 bits per heavy atom. The van der Waals surface area contributed by atoms with Gasteiger partial charge in [-0.25, -0.2) is 0 Å². The van der Waals surface area contributed by atoms with Crippen LogP contribution in [0, 0.1) is 11.8 Å². The highest BCUT2D eigenvalue weighted by Crippen LogP contribution is 2.30. The molecular formula is C21H26N2O3. The van der Waals surface area contributed by atoms with Crippen molar-refractivity contribution in [3.05, 3.63) is 54.0 Å². The third kappa shape index (κ3) is 4.75. The van der Waals surface area contributed by atoms with Crippen LogP contribution in [-0.2, 0) is 22.6 Å². The van der Waals surface area contributed by atoms with Gasteiger partial charge in [-0.15, -0.1) is 0 Å². The van der Waals surface area contributed by atoms with E-state index in [0.717, 1.165) is 43.6 Å². The van der Waals surface area contributed by atoms with Crippen molar-refractivity contribution in [2.24, 2.45) is 11.8 Å². The average molecular weight is 354 g/mol. The molecule has 26 heavy (non-hydrogen) atoms. The van der Waals surface area contributed by atoms with Crippen LogP contribution >= 0.6 is 0 Å². The molecule has 2 N–H and O–H groups in total. The average Bonchev–Trinajstić information content (AvgIpc) is 3.20. The Kier molecular flexibility index (Phi) is 6.10. The zero-order valence-corrected chi connectivity index (χ0v) is 15.2. The largest absolute Gasteiger partial charge is 0.467 e. The molecule has 1 aromatic heterocycles. The Morgan fingerprint density at radius 1 is 1.00 bits per heavy atom. The van der Waals surface area contributed by atoms with Crippen LogP contribution in [0.3, 0.4) is 0 Å². The van der Waals surface area contributed by atoms with E-state index in [2.05, 4.69) is 17.6 Å². The molecule has 5 heteroatoms. The van der Waals surface area contributed by atoms with E-state index >= 15 is 0 Å². The van der Waals surface area contributed by atoms with Crippen LogP contribution < -0.4 is 10.6 Å². The van der Waals surface area contributed by atoms with Gasteiger partial charge in [0.05, 0.1) is 12.8 Å². The molecule has 2 aromatic rings. The Hall–Kier alpha value is -2.56. The first-order valence-corrected chi connectivity index (χ1v) is 9.35. The predicted octanol–water partition coefficient (Wildman–Crippen LogP) is 3.90. The van der Waals surface area contributed by atoms with Gasteiger partial charge in [0.25, 0.3) is 0 Å². The molecule has 0 atom stereocenters. The highest BCUT2D eigenvalue weighted by molar-refractivity contribution is 5.92. The lowest BCUT2D eigenvalue weighted by molar-refractivity contribution is -0.128. The van der Waals surface area contributed by atoms with Gasteiger partial charge in [0, 0.05) is 17.5 Å². The summed E-state index contributed by atoms with van der Waals surface area (Å²) in [5.41, 5.74) is 2.09. The van der Waals surface area contributed by atoms with Gasteiger partial charge in [-0.05, 0) is 61.9 Å². The summed E-state index contributed by atoms with van der Waals surface area (Å²) in [5, 5.41) is 5.92. The number of furan rings is 1. The maximum atomic E-state index is 12.5. The number of aryl methyl sites for hydroxylation is 1. The first kappa shape index (κ1) is 18.2. The van der Waals surface area contributed by atoms with E-state index in [1.165, 1.54) is 5.56 Å². The van der Waals surface area contributed by atoms with Crippen molar-refractivity contribution in [3.8, 4) is 0 Å². The molecule has 3 rings (SSSR count). The topological polar surface area (TPSA) is 71.3 Å². The minimum absolute atomic E-state index is 0.0159. The van der Waals surface area contributed by atoms with Crippen LogP contribution in [0.1, 0.15) is 43.9 Å². The second-order valence-corrected chi connectivity index (χ2v) is 6.89. The quantitative estimate of drug-likeness (QED) is 0.826. The first-order valence-electron chi connectivity index (χ1n) is 9.35. The molecule has 1 saturated carbocycles. The van der Waals surface area contributed by atoms with Gasteiger partial charge in [-0.1, -0.05) is 19.1 Å². The van der Waals surface area contributed by atoms with E-state index in [1.54, 1.807) is 12.3 Å². The lowest BCUT2D eigenvalue weighted by atomic mass is 9.81. The van der Waals surface area contributed by atoms with Crippen molar-refractivity contribution >= 4 is 17.5 Å². The Morgan fingerprint density at radius 2 is 1.65 bits per heavy atom. The van der Waals surface area contributed by atoms with E-state index < -0.39 is 0 Å². The fourth-order valence-electron chi connectivity index (χ4n) is 3.42. The molecule has 1 heterocycles. The molecule has 138 valence electrons. The van der Waals surface area contributed by atoms with Gasteiger partial charge >= 0.3 is 0 Å². The second kappa shape index (κ2) is 8.70. The third-order valence-corrected chi connectivity index (χ3v) is 5.12. The van der Waals surface area contributed by atoms with Crippen molar-refractivity contribution in [2.45, 2.75) is 45.6 Å². The smallest absolute Gasteiger partial charge is 0.227 e. The van der Waals surface area contributed by atoms with Crippen LogP contribution in [0.2, 0.25) is 0 Å². The Balaban J connectivity index is 1.43. The fourth-order valence-corrected chi connectivity index (χ4v) is 3.42. The van der Waals surface area contributed by atoms with Crippen LogP contribution in [0.5, 0.6) is 0 Å². The molecular weight excluding hydrogens is 328 g/mol. The van der Waals surface area contributed by atoms with Gasteiger partial charge in [-0.3, -0.25) is 9.59 Å². The Bertz CT molecular complexity index is 714. The second-order valence-electron chi connectivity index (χ2n) is 6.89. The monoisotopic (exact) mass is 354 g/mol. The number of carbonyl (C=O) groups excluding carboxylic acids is 2. The molecule has 0 aliphatic heterocycles. The van der Waals surface area contributed by atoms with E-state index in [4.69, 9.17) is 4.42 Å². The van der Waals surface area contributed by atoms with Crippen molar-refractivity contribution in [2.75, 3.05) is 5.32 Å². The summed E-state index contributed by atoms with van der Waals surface area (Å²) in [4.78, 5) is 24.7. The fraction of sp³-hybridized carbons (Fsp3) is 0.429. The molecule has 0 unspecified atom stereocenters. The SMILES string of the molecule is CCc1ccc(NC(=O)C2CCC(C(=O)NCc3ccco3)CC2)cc1. The molecule has 2 amide bonds. The summed E-state index contributed by atoms with van der Waals surface area (Å²) in [7, 11) is 0. The van der Waals surface area contributed by atoms with Crippen molar-refractivity contribution in [3.63, 3.8) is 0 Å². The molecule has 1 aliphatic carbocycles. The van der Waals surface area contributed by atoms with E-state index in [0.29, 0.717) is 6.54 Å². The number of nitrogens with one attached hydrogen (secondary N) is 2. The summed E-state index contributed by atoms with van der Waals surface area (Å²) in [6.07, 6.45) is 5.57. The molecule has 0 bridgehead atoms. The number of hydrogen-bond acceptors (Lipinski definition) is 3. The molecule has 0 radical (unpaired) electrons. The lowest BCUT2D eigenvalue weighted by Crippen LogP contribution is -2.35. The molecule has 1 aliphatic rings. The number of anilines is 1. The predicted molar refractivity (Wildman–Crippen MR) is 100 cm³/mol. The summed E-state index contributed by atoms with van der Waals surface area (Å²) >= 11 is 0. The number of hydrogen-bond donors (Lipinski definition) is 2. The number of benzene rings is 1. The first-order chi connectivity index (χ1) is 12.7. The molecule has 5 nitrogen and oxygen atoms in total. The number of amides is 2. The van der Waals surface area contributed by atoms with Crippen molar-refractivity contribution in [1.29, 1.82) is 0 Å². The van der Waals surface area contributed by atoms with Crippen LogP contribution in [0.15, 0.2) is 47.1 Å². The summed E-state index contributed by atoms with van der Waals surface area (Å²) in [5.74, 6) is 0.826. The normalized spacial score (nSPS) is 19.7. The third-order valence-electron chi connectivity index (χ3n) is 5.12. The van der Waals surface area contributed by atoms with Gasteiger partial charge in [0.15, 0.2) is 0 Å². The number of rotatable bonds is 6. The van der Waals surface area contributed by atoms with E-state index in [-0.39, 0.29) is 23.7 Å². The Labute approximate surface area is 154 Å². The van der Waals surface area contributed by atoms with Crippen LogP contribution in [0.4, 0.5) is 5.69 Å². The van der Waals surface area contributed by atoms with Gasteiger partial charge < -0.3 is 15.1 Å². The van der Waals surface area contributed by atoms with Crippen LogP contribution in [-0.4, -0.2) is 11.8 Å². The molecule has 0 spiro atoms.